The quantitative estimate of drug-likeness (QED) is 0.753. The molecule has 0 saturated heterocycles. The van der Waals surface area contributed by atoms with Crippen LogP contribution in [-0.4, -0.2) is 27.1 Å². The Labute approximate surface area is 89.2 Å². The van der Waals surface area contributed by atoms with Gasteiger partial charge in [-0.1, -0.05) is 0 Å². The van der Waals surface area contributed by atoms with Crippen molar-refractivity contribution in [3.8, 4) is 11.5 Å². The summed E-state index contributed by atoms with van der Waals surface area (Å²) in [5, 5.41) is 2.97. The molecule has 0 radical (unpaired) electrons. The van der Waals surface area contributed by atoms with E-state index in [2.05, 4.69) is 5.32 Å². The van der Waals surface area contributed by atoms with E-state index in [4.69, 9.17) is 9.47 Å². The third-order valence-corrected chi connectivity index (χ3v) is 2.01. The second-order valence-electron chi connectivity index (χ2n) is 2.89. The van der Waals surface area contributed by atoms with Gasteiger partial charge >= 0.3 is 0 Å². The first-order chi connectivity index (χ1) is 7.26. The average molecular weight is 209 g/mol. The van der Waals surface area contributed by atoms with Gasteiger partial charge in [-0.2, -0.15) is 0 Å². The summed E-state index contributed by atoms with van der Waals surface area (Å²) in [6.45, 7) is 2.39. The molecule has 0 aliphatic carbocycles. The van der Waals surface area contributed by atoms with Gasteiger partial charge in [0.05, 0.1) is 25.0 Å². The molecular formula is C11H15NO3. The van der Waals surface area contributed by atoms with Crippen molar-refractivity contribution < 1.29 is 14.3 Å². The van der Waals surface area contributed by atoms with E-state index in [0.29, 0.717) is 23.7 Å². The van der Waals surface area contributed by atoms with Crippen molar-refractivity contribution in [2.24, 2.45) is 0 Å². The normalized spacial score (nSPS) is 9.53. The van der Waals surface area contributed by atoms with Gasteiger partial charge in [-0.15, -0.1) is 0 Å². The molecular weight excluding hydrogens is 194 g/mol. The van der Waals surface area contributed by atoms with Crippen LogP contribution in [0.25, 0.3) is 0 Å². The van der Waals surface area contributed by atoms with E-state index in [9.17, 15) is 4.79 Å². The van der Waals surface area contributed by atoms with Crippen LogP contribution in [0.5, 0.6) is 11.5 Å². The van der Waals surface area contributed by atoms with Crippen LogP contribution in [0.1, 0.15) is 17.3 Å². The maximum absolute atomic E-state index is 10.9. The van der Waals surface area contributed by atoms with Crippen LogP contribution in [0.15, 0.2) is 12.1 Å². The minimum absolute atomic E-state index is 0.487. The molecule has 0 amide bonds. The Morgan fingerprint density at radius 2 is 2.20 bits per heavy atom. The highest BCUT2D eigenvalue weighted by atomic mass is 16.5. The number of carbonyl (C=O) groups excluding carboxylic acids is 1. The molecule has 4 heteroatoms. The predicted octanol–water partition coefficient (Wildman–Crippen LogP) is 1.95. The third-order valence-electron chi connectivity index (χ3n) is 2.01. The second-order valence-corrected chi connectivity index (χ2v) is 2.89. The summed E-state index contributed by atoms with van der Waals surface area (Å²) in [5.41, 5.74) is 1.24. The first kappa shape index (κ1) is 11.4. The highest BCUT2D eigenvalue weighted by Gasteiger charge is 2.10. The summed E-state index contributed by atoms with van der Waals surface area (Å²) < 4.78 is 10.5. The average Bonchev–Trinajstić information content (AvgIpc) is 2.29. The molecule has 1 aromatic rings. The molecule has 0 spiro atoms. The highest BCUT2D eigenvalue weighted by molar-refractivity contribution is 5.85. The highest BCUT2D eigenvalue weighted by Crippen LogP contribution is 2.32. The minimum atomic E-state index is 0.487. The predicted molar refractivity (Wildman–Crippen MR) is 59.1 cm³/mol. The van der Waals surface area contributed by atoms with Crippen LogP contribution in [0.2, 0.25) is 0 Å². The molecule has 1 aromatic carbocycles. The molecule has 0 atom stereocenters. The Bertz CT molecular complexity index is 350. The van der Waals surface area contributed by atoms with Crippen LogP contribution < -0.4 is 14.8 Å². The van der Waals surface area contributed by atoms with Gasteiger partial charge < -0.3 is 14.8 Å². The van der Waals surface area contributed by atoms with Crippen LogP contribution in [0.4, 0.5) is 5.69 Å². The first-order valence-corrected chi connectivity index (χ1v) is 4.74. The van der Waals surface area contributed by atoms with Crippen LogP contribution >= 0.6 is 0 Å². The zero-order valence-corrected chi connectivity index (χ0v) is 9.16. The topological polar surface area (TPSA) is 47.6 Å². The number of ether oxygens (including phenoxy) is 2. The smallest absolute Gasteiger partial charge is 0.153 e. The maximum Gasteiger partial charge on any atom is 0.153 e. The van der Waals surface area contributed by atoms with Crippen molar-refractivity contribution in [3.63, 3.8) is 0 Å². The van der Waals surface area contributed by atoms with Crippen LogP contribution in [-0.2, 0) is 0 Å². The molecule has 0 fully saturated rings. The Morgan fingerprint density at radius 1 is 1.47 bits per heavy atom. The van der Waals surface area contributed by atoms with E-state index in [1.165, 1.54) is 0 Å². The van der Waals surface area contributed by atoms with E-state index >= 15 is 0 Å². The number of anilines is 1. The molecule has 4 nitrogen and oxygen atoms in total. The van der Waals surface area contributed by atoms with Crippen molar-refractivity contribution in [1.82, 2.24) is 0 Å². The van der Waals surface area contributed by atoms with Gasteiger partial charge in [-0.3, -0.25) is 4.79 Å². The summed E-state index contributed by atoms with van der Waals surface area (Å²) >= 11 is 0. The second kappa shape index (κ2) is 5.24. The van der Waals surface area contributed by atoms with Crippen LogP contribution in [0.3, 0.4) is 0 Å². The van der Waals surface area contributed by atoms with E-state index in [1.54, 1.807) is 26.3 Å². The molecule has 0 aliphatic rings. The number of nitrogens with one attached hydrogen (secondary N) is 1. The number of carbonyl (C=O) groups is 1. The molecule has 0 bridgehead atoms. The lowest BCUT2D eigenvalue weighted by atomic mass is 10.1. The zero-order valence-electron chi connectivity index (χ0n) is 9.16. The van der Waals surface area contributed by atoms with Crippen molar-refractivity contribution >= 4 is 12.0 Å². The van der Waals surface area contributed by atoms with Gasteiger partial charge in [0.1, 0.15) is 5.75 Å². The first-order valence-electron chi connectivity index (χ1n) is 4.74. The molecule has 0 heterocycles. The van der Waals surface area contributed by atoms with Crippen molar-refractivity contribution in [2.45, 2.75) is 6.92 Å². The Hall–Kier alpha value is -1.71. The molecule has 1 rings (SSSR count). The fourth-order valence-electron chi connectivity index (χ4n) is 1.32. The van der Waals surface area contributed by atoms with Gasteiger partial charge in [-0.05, 0) is 13.0 Å². The van der Waals surface area contributed by atoms with Crippen LogP contribution in [0, 0.1) is 0 Å². The van der Waals surface area contributed by atoms with Gasteiger partial charge in [0.25, 0.3) is 0 Å². The van der Waals surface area contributed by atoms with Gasteiger partial charge in [0.2, 0.25) is 0 Å². The number of benzene rings is 1. The lowest BCUT2D eigenvalue weighted by Crippen LogP contribution is -2.02. The molecule has 1 N–H and O–H groups in total. The SMILES string of the molecule is CCOc1c(C=O)cc(OC)cc1NC. The van der Waals surface area contributed by atoms with Gasteiger partial charge in [0, 0.05) is 13.1 Å². The number of hydrogen-bond donors (Lipinski definition) is 1. The van der Waals surface area contributed by atoms with Gasteiger partial charge in [-0.25, -0.2) is 0 Å². The summed E-state index contributed by atoms with van der Waals surface area (Å²) in [5.74, 6) is 1.20. The standard InChI is InChI=1S/C11H15NO3/c1-4-15-11-8(7-13)5-9(14-3)6-10(11)12-2/h5-7,12H,4H2,1-3H3. The maximum atomic E-state index is 10.9. The minimum Gasteiger partial charge on any atom is -0.497 e. The van der Waals surface area contributed by atoms with E-state index in [-0.39, 0.29) is 0 Å². The van der Waals surface area contributed by atoms with Crippen molar-refractivity contribution in [3.05, 3.63) is 17.7 Å². The lowest BCUT2D eigenvalue weighted by Gasteiger charge is -2.13. The van der Waals surface area contributed by atoms with E-state index < -0.39 is 0 Å². The molecule has 0 unspecified atom stereocenters. The summed E-state index contributed by atoms with van der Waals surface area (Å²) in [4.78, 5) is 10.9. The monoisotopic (exact) mass is 209 g/mol. The van der Waals surface area contributed by atoms with E-state index in [1.807, 2.05) is 6.92 Å². The van der Waals surface area contributed by atoms with Gasteiger partial charge in [0.15, 0.2) is 12.0 Å². The van der Waals surface area contributed by atoms with Crippen molar-refractivity contribution in [1.29, 1.82) is 0 Å². The summed E-state index contributed by atoms with van der Waals surface area (Å²) in [7, 11) is 3.33. The molecule has 0 aromatic heterocycles. The van der Waals surface area contributed by atoms with Crippen molar-refractivity contribution in [2.75, 3.05) is 26.1 Å². The summed E-state index contributed by atoms with van der Waals surface area (Å²) in [6, 6.07) is 3.44. The largest absolute Gasteiger partial charge is 0.497 e. The third kappa shape index (κ3) is 2.40. The fourth-order valence-corrected chi connectivity index (χ4v) is 1.32. The number of rotatable bonds is 5. The zero-order chi connectivity index (χ0) is 11.3. The Kier molecular flexibility index (Phi) is 3.97. The Balaban J connectivity index is 3.25. The van der Waals surface area contributed by atoms with E-state index in [0.717, 1.165) is 12.0 Å². The number of hydrogen-bond acceptors (Lipinski definition) is 4. The summed E-state index contributed by atoms with van der Waals surface area (Å²) in [6.07, 6.45) is 0.758. The fraction of sp³-hybridized carbons (Fsp3) is 0.364. The number of methoxy groups -OCH3 is 1. The molecule has 0 aliphatic heterocycles. The lowest BCUT2D eigenvalue weighted by molar-refractivity contribution is 0.111. The molecule has 82 valence electrons. The molecule has 15 heavy (non-hydrogen) atoms. The molecule has 0 saturated carbocycles. The Morgan fingerprint density at radius 3 is 2.67 bits per heavy atom. The number of aldehydes is 1.